The Kier molecular flexibility index (Phi) is 10.1. The molecule has 2 amide bonds. The average molecular weight is 487 g/mol. The highest BCUT2D eigenvalue weighted by molar-refractivity contribution is 5.88. The molecule has 0 unspecified atom stereocenters. The predicted octanol–water partition coefficient (Wildman–Crippen LogP) is 5.66. The fourth-order valence-electron chi connectivity index (χ4n) is 4.10. The molecule has 0 spiro atoms. The van der Waals surface area contributed by atoms with E-state index < -0.39 is 6.04 Å². The summed E-state index contributed by atoms with van der Waals surface area (Å²) >= 11 is 0. The Bertz CT molecular complexity index is 1110. The van der Waals surface area contributed by atoms with Crippen molar-refractivity contribution in [3.05, 3.63) is 101 Å². The van der Waals surface area contributed by atoms with Crippen LogP contribution in [0.4, 0.5) is 0 Å². The molecule has 1 N–H and O–H groups in total. The van der Waals surface area contributed by atoms with E-state index in [4.69, 9.17) is 4.74 Å². The van der Waals surface area contributed by atoms with Gasteiger partial charge in [-0.15, -0.1) is 0 Å². The summed E-state index contributed by atoms with van der Waals surface area (Å²) < 4.78 is 5.88. The predicted molar refractivity (Wildman–Crippen MR) is 145 cm³/mol. The van der Waals surface area contributed by atoms with Crippen molar-refractivity contribution in [3.63, 3.8) is 0 Å². The van der Waals surface area contributed by atoms with Crippen LogP contribution in [-0.2, 0) is 22.6 Å². The molecule has 3 aromatic rings. The molecule has 0 fully saturated rings. The van der Waals surface area contributed by atoms with Crippen LogP contribution in [-0.4, -0.2) is 35.9 Å². The van der Waals surface area contributed by atoms with E-state index in [-0.39, 0.29) is 18.4 Å². The number of aryl methyl sites for hydroxylation is 1. The molecule has 190 valence electrons. The number of hydrogen-bond acceptors (Lipinski definition) is 3. The number of amides is 2. The first-order valence-electron chi connectivity index (χ1n) is 12.8. The van der Waals surface area contributed by atoms with E-state index >= 15 is 0 Å². The molecule has 3 rings (SSSR count). The maximum atomic E-state index is 13.6. The molecule has 0 saturated heterocycles. The minimum atomic E-state index is -0.654. The summed E-state index contributed by atoms with van der Waals surface area (Å²) in [6.45, 7) is 9.06. The molecule has 0 aliphatic carbocycles. The minimum absolute atomic E-state index is 0.140. The summed E-state index contributed by atoms with van der Waals surface area (Å²) in [6.07, 6.45) is 1.25. The highest BCUT2D eigenvalue weighted by Crippen LogP contribution is 2.20. The van der Waals surface area contributed by atoms with Gasteiger partial charge in [0.2, 0.25) is 5.91 Å². The van der Waals surface area contributed by atoms with Crippen molar-refractivity contribution < 1.29 is 14.3 Å². The van der Waals surface area contributed by atoms with E-state index in [1.54, 1.807) is 4.90 Å². The topological polar surface area (TPSA) is 58.6 Å². The fraction of sp³-hybridized carbons (Fsp3) is 0.355. The molecule has 0 radical (unpaired) electrons. The first kappa shape index (κ1) is 27.0. The number of hydrogen-bond donors (Lipinski definition) is 1. The van der Waals surface area contributed by atoms with Crippen molar-refractivity contribution in [1.82, 2.24) is 10.2 Å². The van der Waals surface area contributed by atoms with E-state index in [1.165, 1.54) is 5.56 Å². The number of carbonyl (C=O) groups is 2. The molecule has 0 aromatic heterocycles. The van der Waals surface area contributed by atoms with E-state index in [1.807, 2.05) is 86.6 Å². The second-order valence-electron chi connectivity index (χ2n) is 9.52. The average Bonchev–Trinajstić information content (AvgIpc) is 2.88. The number of rotatable bonds is 12. The molecule has 5 nitrogen and oxygen atoms in total. The lowest BCUT2D eigenvalue weighted by Gasteiger charge is -2.31. The number of benzene rings is 3. The molecule has 0 aliphatic rings. The van der Waals surface area contributed by atoms with Gasteiger partial charge in [0.15, 0.2) is 6.61 Å². The Labute approximate surface area is 215 Å². The molecule has 0 heterocycles. The quantitative estimate of drug-likeness (QED) is 0.359. The second kappa shape index (κ2) is 13.5. The van der Waals surface area contributed by atoms with Crippen molar-refractivity contribution in [2.45, 2.75) is 59.0 Å². The molecular formula is C31H38N2O3. The second-order valence-corrected chi connectivity index (χ2v) is 9.52. The maximum absolute atomic E-state index is 13.6. The molecule has 1 atom stereocenters. The normalized spacial score (nSPS) is 11.7. The summed E-state index contributed by atoms with van der Waals surface area (Å²) in [5, 5.41) is 3.00. The Morgan fingerprint density at radius 3 is 2.25 bits per heavy atom. The SMILES string of the molecule is CCCNC(=O)[C@@H](Cc1ccccc1)N(Cc1cccc(C)c1)C(=O)COc1ccc(C(C)C)cc1. The maximum Gasteiger partial charge on any atom is 0.261 e. The van der Waals surface area contributed by atoms with Gasteiger partial charge in [0.25, 0.3) is 5.91 Å². The molecule has 36 heavy (non-hydrogen) atoms. The van der Waals surface area contributed by atoms with Crippen LogP contribution >= 0.6 is 0 Å². The molecule has 0 bridgehead atoms. The monoisotopic (exact) mass is 486 g/mol. The summed E-state index contributed by atoms with van der Waals surface area (Å²) in [5.41, 5.74) is 4.30. The first-order chi connectivity index (χ1) is 17.4. The number of nitrogens with one attached hydrogen (secondary N) is 1. The molecule has 0 saturated carbocycles. The van der Waals surface area contributed by atoms with Gasteiger partial charge in [-0.05, 0) is 48.1 Å². The highest BCUT2D eigenvalue weighted by atomic mass is 16.5. The van der Waals surface area contributed by atoms with E-state index in [0.717, 1.165) is 23.1 Å². The number of nitrogens with zero attached hydrogens (tertiary/aromatic N) is 1. The zero-order valence-electron chi connectivity index (χ0n) is 21.9. The van der Waals surface area contributed by atoms with Gasteiger partial charge in [-0.25, -0.2) is 0 Å². The summed E-state index contributed by atoms with van der Waals surface area (Å²) in [5.74, 6) is 0.684. The van der Waals surface area contributed by atoms with Crippen molar-refractivity contribution in [2.24, 2.45) is 0 Å². The van der Waals surface area contributed by atoms with Crippen LogP contribution in [0.15, 0.2) is 78.9 Å². The van der Waals surface area contributed by atoms with Crippen molar-refractivity contribution in [2.75, 3.05) is 13.2 Å². The van der Waals surface area contributed by atoms with E-state index in [0.29, 0.717) is 31.2 Å². The van der Waals surface area contributed by atoms with Crippen molar-refractivity contribution in [3.8, 4) is 5.75 Å². The molecule has 3 aromatic carbocycles. The van der Waals surface area contributed by atoms with E-state index in [2.05, 4.69) is 25.2 Å². The molecule has 0 aliphatic heterocycles. The van der Waals surface area contributed by atoms with E-state index in [9.17, 15) is 9.59 Å². The summed E-state index contributed by atoms with van der Waals surface area (Å²) in [7, 11) is 0. The van der Waals surface area contributed by atoms with Crippen molar-refractivity contribution >= 4 is 11.8 Å². The van der Waals surface area contributed by atoms with Gasteiger partial charge in [-0.1, -0.05) is 93.1 Å². The lowest BCUT2D eigenvalue weighted by atomic mass is 10.0. The fourth-order valence-corrected chi connectivity index (χ4v) is 4.10. The third-order valence-corrected chi connectivity index (χ3v) is 6.16. The smallest absolute Gasteiger partial charge is 0.261 e. The Morgan fingerprint density at radius 2 is 1.61 bits per heavy atom. The van der Waals surface area contributed by atoms with Gasteiger partial charge in [0.05, 0.1) is 0 Å². The van der Waals surface area contributed by atoms with Gasteiger partial charge in [0.1, 0.15) is 11.8 Å². The largest absolute Gasteiger partial charge is 0.484 e. The summed E-state index contributed by atoms with van der Waals surface area (Å²) in [4.78, 5) is 28.6. The molecular weight excluding hydrogens is 448 g/mol. The number of ether oxygens (including phenoxy) is 1. The van der Waals surface area contributed by atoms with Gasteiger partial charge in [-0.2, -0.15) is 0 Å². The lowest BCUT2D eigenvalue weighted by Crippen LogP contribution is -2.51. The van der Waals surface area contributed by atoms with Crippen LogP contribution < -0.4 is 10.1 Å². The molecule has 5 heteroatoms. The van der Waals surface area contributed by atoms with Crippen LogP contribution in [0.2, 0.25) is 0 Å². The third-order valence-electron chi connectivity index (χ3n) is 6.16. The highest BCUT2D eigenvalue weighted by Gasteiger charge is 2.30. The minimum Gasteiger partial charge on any atom is -0.484 e. The standard InChI is InChI=1S/C31H38N2O3/c1-5-18-32-31(35)29(20-25-11-7-6-8-12-25)33(21-26-13-9-10-24(4)19-26)30(34)22-36-28-16-14-27(15-17-28)23(2)3/h6-17,19,23,29H,5,18,20-22H2,1-4H3,(H,32,35)/t29-/m1/s1. The Morgan fingerprint density at radius 1 is 0.917 bits per heavy atom. The van der Waals surface area contributed by atoms with Gasteiger partial charge >= 0.3 is 0 Å². The first-order valence-corrected chi connectivity index (χ1v) is 12.8. The Hall–Kier alpha value is -3.60. The van der Waals surface area contributed by atoms with Crippen LogP contribution in [0.5, 0.6) is 5.75 Å². The Balaban J connectivity index is 1.86. The van der Waals surface area contributed by atoms with Crippen LogP contribution in [0.3, 0.4) is 0 Å². The zero-order chi connectivity index (χ0) is 25.9. The van der Waals surface area contributed by atoms with Crippen LogP contribution in [0.1, 0.15) is 55.4 Å². The lowest BCUT2D eigenvalue weighted by molar-refractivity contribution is -0.142. The number of carbonyl (C=O) groups excluding carboxylic acids is 2. The van der Waals surface area contributed by atoms with Crippen LogP contribution in [0.25, 0.3) is 0 Å². The van der Waals surface area contributed by atoms with Gasteiger partial charge in [0, 0.05) is 19.5 Å². The van der Waals surface area contributed by atoms with Crippen LogP contribution in [0, 0.1) is 6.92 Å². The zero-order valence-corrected chi connectivity index (χ0v) is 21.9. The van der Waals surface area contributed by atoms with Crippen molar-refractivity contribution in [1.29, 1.82) is 0 Å². The summed E-state index contributed by atoms with van der Waals surface area (Å²) in [6, 6.07) is 25.0. The van der Waals surface area contributed by atoms with Gasteiger partial charge < -0.3 is 15.0 Å². The van der Waals surface area contributed by atoms with Gasteiger partial charge in [-0.3, -0.25) is 9.59 Å². The third kappa shape index (κ3) is 7.98.